The van der Waals surface area contributed by atoms with E-state index in [0.717, 1.165) is 11.3 Å². The van der Waals surface area contributed by atoms with Crippen LogP contribution in [-0.4, -0.2) is 33.0 Å². The number of carbonyl (C=O) groups excluding carboxylic acids is 1. The van der Waals surface area contributed by atoms with Crippen LogP contribution in [0.2, 0.25) is 5.02 Å². The number of aryl methyl sites for hydroxylation is 1. The third kappa shape index (κ3) is 5.92. The maximum absolute atomic E-state index is 12.4. The number of hydrogen-bond acceptors (Lipinski definition) is 6. The molecule has 0 aliphatic heterocycles. The molecule has 0 aliphatic rings. The molecule has 2 aromatic carbocycles. The van der Waals surface area contributed by atoms with Gasteiger partial charge in [0.1, 0.15) is 11.5 Å². The minimum absolute atomic E-state index is 0.150. The van der Waals surface area contributed by atoms with Crippen molar-refractivity contribution in [3.05, 3.63) is 58.9 Å². The zero-order chi connectivity index (χ0) is 22.4. The molecule has 9 heteroatoms. The van der Waals surface area contributed by atoms with E-state index in [1.807, 2.05) is 68.8 Å². The number of rotatable bonds is 9. The molecule has 0 spiro atoms. The van der Waals surface area contributed by atoms with Crippen molar-refractivity contribution in [2.45, 2.75) is 32.0 Å². The number of nitrogens with zero attached hydrogens (tertiary/aromatic N) is 3. The Balaban J connectivity index is 1.60. The Morgan fingerprint density at radius 2 is 2.00 bits per heavy atom. The third-order valence-electron chi connectivity index (χ3n) is 4.47. The van der Waals surface area contributed by atoms with Crippen LogP contribution in [0.1, 0.15) is 31.3 Å². The summed E-state index contributed by atoms with van der Waals surface area (Å²) in [4.78, 5) is 12.4. The lowest BCUT2D eigenvalue weighted by Gasteiger charge is -2.16. The first-order valence-corrected chi connectivity index (χ1v) is 11.2. The maximum atomic E-state index is 12.4. The van der Waals surface area contributed by atoms with Crippen molar-refractivity contribution in [2.24, 2.45) is 7.05 Å². The largest absolute Gasteiger partial charge is 0.492 e. The lowest BCUT2D eigenvalue weighted by molar-refractivity contribution is -0.113. The lowest BCUT2D eigenvalue weighted by Crippen LogP contribution is -2.15. The smallest absolute Gasteiger partial charge is 0.234 e. The lowest BCUT2D eigenvalue weighted by atomic mass is 10.2. The molecule has 1 atom stereocenters. The Labute approximate surface area is 191 Å². The Hall–Kier alpha value is -2.71. The second kappa shape index (κ2) is 10.5. The van der Waals surface area contributed by atoms with Gasteiger partial charge in [-0.1, -0.05) is 35.5 Å². The quantitative estimate of drug-likeness (QED) is 0.450. The van der Waals surface area contributed by atoms with Crippen LogP contribution >= 0.6 is 23.4 Å². The zero-order valence-corrected chi connectivity index (χ0v) is 19.5. The molecular formula is C22H25ClN4O3S. The Morgan fingerprint density at radius 3 is 2.74 bits per heavy atom. The van der Waals surface area contributed by atoms with Crippen molar-refractivity contribution in [1.29, 1.82) is 0 Å². The van der Waals surface area contributed by atoms with E-state index in [0.29, 0.717) is 34.0 Å². The van der Waals surface area contributed by atoms with Crippen LogP contribution in [0.15, 0.2) is 47.6 Å². The van der Waals surface area contributed by atoms with E-state index in [-0.39, 0.29) is 17.8 Å². The summed E-state index contributed by atoms with van der Waals surface area (Å²) in [5.41, 5.74) is 1.59. The summed E-state index contributed by atoms with van der Waals surface area (Å²) in [5, 5.41) is 12.6. The number of thioether (sulfide) groups is 1. The van der Waals surface area contributed by atoms with Crippen LogP contribution in [0, 0.1) is 6.92 Å². The minimum atomic E-state index is -0.321. The number of carbonyl (C=O) groups is 1. The van der Waals surface area contributed by atoms with Gasteiger partial charge in [0.2, 0.25) is 5.91 Å². The monoisotopic (exact) mass is 460 g/mol. The van der Waals surface area contributed by atoms with E-state index in [4.69, 9.17) is 21.1 Å². The molecule has 1 unspecified atom stereocenters. The number of aromatic nitrogens is 3. The molecule has 1 amide bonds. The molecule has 0 bridgehead atoms. The minimum Gasteiger partial charge on any atom is -0.492 e. The number of ether oxygens (including phenoxy) is 2. The van der Waals surface area contributed by atoms with Gasteiger partial charge < -0.3 is 19.4 Å². The number of hydrogen-bond donors (Lipinski definition) is 1. The number of anilines is 1. The first kappa shape index (κ1) is 23.0. The van der Waals surface area contributed by atoms with E-state index in [1.165, 1.54) is 11.8 Å². The molecule has 3 aromatic rings. The average Bonchev–Trinajstić information content (AvgIpc) is 3.10. The van der Waals surface area contributed by atoms with Crippen LogP contribution in [0.4, 0.5) is 5.69 Å². The molecule has 1 aromatic heterocycles. The van der Waals surface area contributed by atoms with Crippen molar-refractivity contribution in [1.82, 2.24) is 14.8 Å². The first-order chi connectivity index (χ1) is 14.9. The third-order valence-corrected chi connectivity index (χ3v) is 5.72. The van der Waals surface area contributed by atoms with E-state index in [1.54, 1.807) is 6.07 Å². The average molecular weight is 461 g/mol. The van der Waals surface area contributed by atoms with Gasteiger partial charge in [-0.3, -0.25) is 4.79 Å². The van der Waals surface area contributed by atoms with E-state index in [9.17, 15) is 4.79 Å². The predicted octanol–water partition coefficient (Wildman–Crippen LogP) is 5.05. The van der Waals surface area contributed by atoms with Crippen molar-refractivity contribution in [2.75, 3.05) is 17.7 Å². The normalized spacial score (nSPS) is 11.8. The van der Waals surface area contributed by atoms with E-state index < -0.39 is 0 Å². The van der Waals surface area contributed by atoms with Gasteiger partial charge in [-0.25, -0.2) is 0 Å². The van der Waals surface area contributed by atoms with Crippen molar-refractivity contribution in [3.63, 3.8) is 0 Å². The van der Waals surface area contributed by atoms with Gasteiger partial charge in [0.25, 0.3) is 0 Å². The van der Waals surface area contributed by atoms with Gasteiger partial charge in [0.15, 0.2) is 17.1 Å². The molecule has 0 saturated heterocycles. The highest BCUT2D eigenvalue weighted by Gasteiger charge is 2.19. The molecule has 0 fully saturated rings. The van der Waals surface area contributed by atoms with Crippen LogP contribution in [-0.2, 0) is 11.8 Å². The van der Waals surface area contributed by atoms with E-state index in [2.05, 4.69) is 15.5 Å². The van der Waals surface area contributed by atoms with Crippen molar-refractivity contribution >= 4 is 35.0 Å². The summed E-state index contributed by atoms with van der Waals surface area (Å²) >= 11 is 7.32. The molecule has 7 nitrogen and oxygen atoms in total. The second-order valence-corrected chi connectivity index (χ2v) is 8.21. The highest BCUT2D eigenvalue weighted by molar-refractivity contribution is 7.99. The number of amides is 1. The summed E-state index contributed by atoms with van der Waals surface area (Å²) in [6, 6.07) is 12.8. The van der Waals surface area contributed by atoms with Crippen LogP contribution in [0.25, 0.3) is 0 Å². The molecule has 3 rings (SSSR count). The molecule has 0 aliphatic carbocycles. The van der Waals surface area contributed by atoms with Crippen LogP contribution in [0.5, 0.6) is 11.5 Å². The highest BCUT2D eigenvalue weighted by Crippen LogP contribution is 2.28. The summed E-state index contributed by atoms with van der Waals surface area (Å²) < 4.78 is 13.4. The molecule has 0 radical (unpaired) electrons. The maximum Gasteiger partial charge on any atom is 0.234 e. The fourth-order valence-electron chi connectivity index (χ4n) is 2.96. The van der Waals surface area contributed by atoms with Crippen molar-refractivity contribution in [3.8, 4) is 11.5 Å². The van der Waals surface area contributed by atoms with Gasteiger partial charge >= 0.3 is 0 Å². The number of para-hydroxylation sites is 2. The Bertz CT molecular complexity index is 1060. The molecule has 164 valence electrons. The number of halogens is 1. The topological polar surface area (TPSA) is 78.3 Å². The number of benzene rings is 2. The standard InChI is InChI=1S/C22H25ClN4O3S/c1-5-29-19-9-7-6-8-17(19)24-20(28)13-31-22-26-25-21(27(22)4)15(3)30-18-11-10-16(23)12-14(18)2/h6-12,15H,5,13H2,1-4H3,(H,24,28). The molecular weight excluding hydrogens is 436 g/mol. The Kier molecular flexibility index (Phi) is 7.81. The van der Waals surface area contributed by atoms with E-state index >= 15 is 0 Å². The van der Waals surface area contributed by atoms with Gasteiger partial charge in [0.05, 0.1) is 18.0 Å². The van der Waals surface area contributed by atoms with Gasteiger partial charge in [-0.05, 0) is 56.7 Å². The summed E-state index contributed by atoms with van der Waals surface area (Å²) in [7, 11) is 1.86. The van der Waals surface area contributed by atoms with Gasteiger partial charge in [-0.15, -0.1) is 10.2 Å². The molecule has 1 N–H and O–H groups in total. The second-order valence-electron chi connectivity index (χ2n) is 6.84. The summed E-state index contributed by atoms with van der Waals surface area (Å²) in [5.74, 6) is 2.09. The fourth-order valence-corrected chi connectivity index (χ4v) is 3.91. The summed E-state index contributed by atoms with van der Waals surface area (Å²) in [6.45, 7) is 6.27. The zero-order valence-electron chi connectivity index (χ0n) is 17.9. The number of nitrogens with one attached hydrogen (secondary N) is 1. The predicted molar refractivity (Wildman–Crippen MR) is 123 cm³/mol. The summed E-state index contributed by atoms with van der Waals surface area (Å²) in [6.07, 6.45) is -0.321. The van der Waals surface area contributed by atoms with Gasteiger partial charge in [-0.2, -0.15) is 0 Å². The van der Waals surface area contributed by atoms with Gasteiger partial charge in [0, 0.05) is 12.1 Å². The molecule has 0 saturated carbocycles. The Morgan fingerprint density at radius 1 is 1.23 bits per heavy atom. The molecule has 1 heterocycles. The van der Waals surface area contributed by atoms with Crippen LogP contribution in [0.3, 0.4) is 0 Å². The molecule has 31 heavy (non-hydrogen) atoms. The highest BCUT2D eigenvalue weighted by atomic mass is 35.5. The SMILES string of the molecule is CCOc1ccccc1NC(=O)CSc1nnc(C(C)Oc2ccc(Cl)cc2C)n1C. The van der Waals surface area contributed by atoms with Crippen LogP contribution < -0.4 is 14.8 Å². The fraction of sp³-hybridized carbons (Fsp3) is 0.318. The van der Waals surface area contributed by atoms with Crippen molar-refractivity contribution < 1.29 is 14.3 Å². The first-order valence-electron chi connectivity index (χ1n) is 9.85.